The summed E-state index contributed by atoms with van der Waals surface area (Å²) < 4.78 is 16.7. The first-order valence-corrected chi connectivity index (χ1v) is 11.2. The molecule has 7 nitrogen and oxygen atoms in total. The molecule has 0 N–H and O–H groups in total. The monoisotopic (exact) mass is 450 g/mol. The molecule has 1 fully saturated rings. The van der Waals surface area contributed by atoms with Gasteiger partial charge < -0.3 is 19.1 Å². The van der Waals surface area contributed by atoms with Gasteiger partial charge in [-0.2, -0.15) is 0 Å². The maximum Gasteiger partial charge on any atom is 0.302 e. The zero-order valence-corrected chi connectivity index (χ0v) is 19.8. The molecule has 0 aromatic heterocycles. The van der Waals surface area contributed by atoms with Crippen LogP contribution in [-0.2, 0) is 9.53 Å². The molecule has 1 heterocycles. The minimum atomic E-state index is -0.252. The number of carbonyl (C=O) groups is 2. The Labute approximate surface area is 194 Å². The van der Waals surface area contributed by atoms with Crippen LogP contribution >= 0.6 is 0 Å². The van der Waals surface area contributed by atoms with Crippen LogP contribution < -0.4 is 9.47 Å². The largest absolute Gasteiger partial charge is 0.493 e. The Morgan fingerprint density at radius 2 is 1.67 bits per heavy atom. The molecule has 2 aliphatic rings. The van der Waals surface area contributed by atoms with Crippen molar-refractivity contribution in [1.29, 1.82) is 0 Å². The molecule has 0 saturated heterocycles. The van der Waals surface area contributed by atoms with E-state index >= 15 is 0 Å². The number of rotatable bonds is 5. The lowest BCUT2D eigenvalue weighted by atomic mass is 9.74. The zero-order valence-electron chi connectivity index (χ0n) is 19.8. The van der Waals surface area contributed by atoms with E-state index in [1.165, 1.54) is 6.92 Å². The molecule has 0 radical (unpaired) electrons. The highest BCUT2D eigenvalue weighted by atomic mass is 16.5. The van der Waals surface area contributed by atoms with Crippen LogP contribution in [0.5, 0.6) is 11.5 Å². The van der Waals surface area contributed by atoms with E-state index in [1.54, 1.807) is 33.2 Å². The normalized spacial score (nSPS) is 21.2. The molecule has 3 unspecified atom stereocenters. The zero-order chi connectivity index (χ0) is 23.7. The molecule has 1 aliphatic heterocycles. The van der Waals surface area contributed by atoms with Crippen LogP contribution in [-0.4, -0.2) is 62.9 Å². The van der Waals surface area contributed by atoms with Gasteiger partial charge >= 0.3 is 5.97 Å². The number of fused-ring (bicyclic) bond motifs is 3. The molecule has 0 spiro atoms. The van der Waals surface area contributed by atoms with Crippen LogP contribution in [0.15, 0.2) is 41.4 Å². The van der Waals surface area contributed by atoms with E-state index in [4.69, 9.17) is 19.2 Å². The lowest BCUT2D eigenvalue weighted by Crippen LogP contribution is -2.36. The minimum absolute atomic E-state index is 0.0391. The molecular formula is C26H30N2O5. The first-order valence-electron chi connectivity index (χ1n) is 11.2. The Morgan fingerprint density at radius 1 is 1.00 bits per heavy atom. The second-order valence-electron chi connectivity index (χ2n) is 8.77. The minimum Gasteiger partial charge on any atom is -0.493 e. The van der Waals surface area contributed by atoms with Crippen molar-refractivity contribution >= 4 is 17.6 Å². The van der Waals surface area contributed by atoms with Crippen molar-refractivity contribution in [2.45, 2.75) is 44.2 Å². The van der Waals surface area contributed by atoms with Crippen LogP contribution in [0, 0.1) is 0 Å². The van der Waals surface area contributed by atoms with E-state index in [2.05, 4.69) is 0 Å². The van der Waals surface area contributed by atoms with Crippen molar-refractivity contribution in [3.05, 3.63) is 58.7 Å². The maximum absolute atomic E-state index is 12.3. The molecule has 174 valence electrons. The average molecular weight is 451 g/mol. The highest BCUT2D eigenvalue weighted by Gasteiger charge is 2.38. The number of benzene rings is 2. The van der Waals surface area contributed by atoms with Gasteiger partial charge in [-0.25, -0.2) is 0 Å². The predicted molar refractivity (Wildman–Crippen MR) is 126 cm³/mol. The van der Waals surface area contributed by atoms with Gasteiger partial charge in [-0.15, -0.1) is 0 Å². The molecule has 1 amide bonds. The number of aliphatic imine (C=N–C) groups is 1. The van der Waals surface area contributed by atoms with Crippen LogP contribution in [0.25, 0.3) is 0 Å². The molecule has 2 aromatic rings. The summed E-state index contributed by atoms with van der Waals surface area (Å²) in [6.45, 7) is 1.45. The van der Waals surface area contributed by atoms with Gasteiger partial charge in [0.05, 0.1) is 26.0 Å². The number of esters is 1. The van der Waals surface area contributed by atoms with E-state index in [0.29, 0.717) is 17.1 Å². The third-order valence-corrected chi connectivity index (χ3v) is 6.42. The molecule has 33 heavy (non-hydrogen) atoms. The number of ether oxygens (including phenoxy) is 3. The van der Waals surface area contributed by atoms with Crippen molar-refractivity contribution in [2.75, 3.05) is 28.3 Å². The lowest BCUT2D eigenvalue weighted by molar-refractivity contribution is -0.148. The first-order chi connectivity index (χ1) is 15.8. The quantitative estimate of drug-likeness (QED) is 0.647. The molecule has 4 rings (SSSR count). The Hall–Kier alpha value is -3.35. The Bertz CT molecular complexity index is 1090. The van der Waals surface area contributed by atoms with Gasteiger partial charge in [-0.05, 0) is 49.1 Å². The molecule has 1 aliphatic carbocycles. The summed E-state index contributed by atoms with van der Waals surface area (Å²) in [5, 5.41) is 0. The molecule has 2 aromatic carbocycles. The summed E-state index contributed by atoms with van der Waals surface area (Å²) in [7, 11) is 6.72. The van der Waals surface area contributed by atoms with Crippen molar-refractivity contribution in [3.8, 4) is 11.5 Å². The predicted octanol–water partition coefficient (Wildman–Crippen LogP) is 3.82. The fraction of sp³-hybridized carbons (Fsp3) is 0.423. The van der Waals surface area contributed by atoms with Gasteiger partial charge in [0, 0.05) is 43.6 Å². The number of methoxy groups -OCH3 is 2. The Morgan fingerprint density at radius 3 is 2.27 bits per heavy atom. The van der Waals surface area contributed by atoms with Crippen molar-refractivity contribution in [1.82, 2.24) is 4.90 Å². The second kappa shape index (κ2) is 9.25. The number of nitrogens with zero attached hydrogens (tertiary/aromatic N) is 2. The standard InChI is InChI=1S/C26H30N2O5/c1-15(29)33-18-10-11-22-20(12-18)19-13-23(31-4)24(32-5)14-21(19)25(27-22)16-6-8-17(9-7-16)26(30)28(2)3/h6-9,13-14,18,20,22H,10-12H2,1-5H3. The van der Waals surface area contributed by atoms with E-state index in [-0.39, 0.29) is 29.9 Å². The maximum atomic E-state index is 12.3. The SMILES string of the molecule is COc1cc2c(cc1OC)C1CC(OC(C)=O)CCC1N=C2c1ccc(C(=O)N(C)C)cc1. The van der Waals surface area contributed by atoms with Crippen molar-refractivity contribution in [2.24, 2.45) is 4.99 Å². The summed E-state index contributed by atoms with van der Waals surface area (Å²) in [4.78, 5) is 30.6. The summed E-state index contributed by atoms with van der Waals surface area (Å²) in [6.07, 6.45) is 2.23. The number of carbonyl (C=O) groups excluding carboxylic acids is 2. The van der Waals surface area contributed by atoms with E-state index < -0.39 is 0 Å². The fourth-order valence-corrected chi connectivity index (χ4v) is 4.85. The Balaban J connectivity index is 1.78. The third kappa shape index (κ3) is 4.45. The summed E-state index contributed by atoms with van der Waals surface area (Å²) in [6, 6.07) is 11.6. The van der Waals surface area contributed by atoms with E-state index in [0.717, 1.165) is 41.7 Å². The fourth-order valence-electron chi connectivity index (χ4n) is 4.85. The van der Waals surface area contributed by atoms with Gasteiger partial charge in [0.25, 0.3) is 5.91 Å². The average Bonchev–Trinajstić information content (AvgIpc) is 2.81. The highest BCUT2D eigenvalue weighted by Crippen LogP contribution is 2.45. The van der Waals surface area contributed by atoms with Crippen molar-refractivity contribution < 1.29 is 23.8 Å². The number of amides is 1. The van der Waals surface area contributed by atoms with Crippen LogP contribution in [0.4, 0.5) is 0 Å². The van der Waals surface area contributed by atoms with E-state index in [9.17, 15) is 9.59 Å². The lowest BCUT2D eigenvalue weighted by Gasteiger charge is -2.38. The van der Waals surface area contributed by atoms with E-state index in [1.807, 2.05) is 36.4 Å². The molecule has 0 bridgehead atoms. The second-order valence-corrected chi connectivity index (χ2v) is 8.77. The third-order valence-electron chi connectivity index (χ3n) is 6.42. The van der Waals surface area contributed by atoms with Gasteiger partial charge in [-0.1, -0.05) is 12.1 Å². The number of hydrogen-bond donors (Lipinski definition) is 0. The van der Waals surface area contributed by atoms with Crippen LogP contribution in [0.1, 0.15) is 59.2 Å². The van der Waals surface area contributed by atoms with Gasteiger partial charge in [0.2, 0.25) is 0 Å². The van der Waals surface area contributed by atoms with Crippen LogP contribution in [0.3, 0.4) is 0 Å². The Kier molecular flexibility index (Phi) is 6.40. The smallest absolute Gasteiger partial charge is 0.302 e. The van der Waals surface area contributed by atoms with Gasteiger partial charge in [-0.3, -0.25) is 14.6 Å². The van der Waals surface area contributed by atoms with Gasteiger partial charge in [0.1, 0.15) is 6.10 Å². The summed E-state index contributed by atoms with van der Waals surface area (Å²) in [5.74, 6) is 1.13. The van der Waals surface area contributed by atoms with Gasteiger partial charge in [0.15, 0.2) is 11.5 Å². The van der Waals surface area contributed by atoms with Crippen LogP contribution in [0.2, 0.25) is 0 Å². The topological polar surface area (TPSA) is 77.4 Å². The van der Waals surface area contributed by atoms with Crippen molar-refractivity contribution in [3.63, 3.8) is 0 Å². The molecular weight excluding hydrogens is 420 g/mol. The molecule has 1 saturated carbocycles. The molecule has 3 atom stereocenters. The molecule has 7 heteroatoms. The summed E-state index contributed by atoms with van der Waals surface area (Å²) in [5.41, 5.74) is 4.55. The number of hydrogen-bond acceptors (Lipinski definition) is 6. The first kappa shape index (κ1) is 22.8. The summed E-state index contributed by atoms with van der Waals surface area (Å²) >= 11 is 0. The highest BCUT2D eigenvalue weighted by molar-refractivity contribution is 6.15.